The van der Waals surface area contributed by atoms with Crippen molar-refractivity contribution in [2.75, 3.05) is 6.54 Å². The topological polar surface area (TPSA) is 25.2 Å². The summed E-state index contributed by atoms with van der Waals surface area (Å²) in [5.41, 5.74) is 2.46. The molecule has 0 radical (unpaired) electrons. The second-order valence-electron chi connectivity index (χ2n) is 4.00. The molecular weight excluding hydrogens is 325 g/mol. The van der Waals surface area contributed by atoms with E-state index in [-0.39, 0.29) is 6.04 Å². The molecule has 1 aromatic heterocycles. The number of nitrogens with one attached hydrogen (secondary N) is 1. The van der Waals surface area contributed by atoms with Gasteiger partial charge in [-0.15, -0.1) is 0 Å². The zero-order chi connectivity index (χ0) is 12.1. The van der Waals surface area contributed by atoms with Crippen molar-refractivity contribution < 1.29 is 4.42 Å². The molecule has 1 unspecified atom stereocenters. The number of rotatable bonds is 5. The lowest BCUT2D eigenvalue weighted by Crippen LogP contribution is -2.22. The first kappa shape index (κ1) is 12.6. The molecule has 2 rings (SSSR count). The molecule has 17 heavy (non-hydrogen) atoms. The number of halogens is 1. The third kappa shape index (κ3) is 3.33. The molecule has 2 nitrogen and oxygen atoms in total. The standard InChI is InChI=1S/C14H16INO/c1-2-8-16-14(12-7-9-17-10-12)11-3-5-13(15)6-4-11/h3-7,9-10,14,16H,2,8H2,1H3. The van der Waals surface area contributed by atoms with Crippen LogP contribution in [0.25, 0.3) is 0 Å². The summed E-state index contributed by atoms with van der Waals surface area (Å²) >= 11 is 2.32. The van der Waals surface area contributed by atoms with Gasteiger partial charge in [0.1, 0.15) is 0 Å². The highest BCUT2D eigenvalue weighted by atomic mass is 127. The molecule has 0 saturated heterocycles. The summed E-state index contributed by atoms with van der Waals surface area (Å²) in [4.78, 5) is 0. The molecule has 3 heteroatoms. The molecule has 0 aliphatic carbocycles. The smallest absolute Gasteiger partial charge is 0.0953 e. The van der Waals surface area contributed by atoms with Crippen molar-refractivity contribution in [3.63, 3.8) is 0 Å². The van der Waals surface area contributed by atoms with Crippen molar-refractivity contribution in [3.05, 3.63) is 57.6 Å². The molecule has 0 saturated carbocycles. The molecular formula is C14H16INO. The Morgan fingerprint density at radius 3 is 2.53 bits per heavy atom. The Balaban J connectivity index is 2.23. The normalized spacial score (nSPS) is 12.6. The minimum atomic E-state index is 0.227. The van der Waals surface area contributed by atoms with Crippen molar-refractivity contribution in [2.24, 2.45) is 0 Å². The van der Waals surface area contributed by atoms with E-state index in [9.17, 15) is 0 Å². The van der Waals surface area contributed by atoms with Crippen molar-refractivity contribution in [2.45, 2.75) is 19.4 Å². The van der Waals surface area contributed by atoms with E-state index in [2.05, 4.69) is 59.1 Å². The molecule has 1 atom stereocenters. The molecule has 0 amide bonds. The Hall–Kier alpha value is -0.810. The molecule has 0 fully saturated rings. The molecule has 0 bridgehead atoms. The minimum absolute atomic E-state index is 0.227. The van der Waals surface area contributed by atoms with Crippen LogP contribution in [0.2, 0.25) is 0 Å². The van der Waals surface area contributed by atoms with Crippen LogP contribution in [0.5, 0.6) is 0 Å². The molecule has 0 aliphatic rings. The summed E-state index contributed by atoms with van der Waals surface area (Å²) in [5, 5.41) is 3.55. The van der Waals surface area contributed by atoms with Gasteiger partial charge in [0.15, 0.2) is 0 Å². The fourth-order valence-electron chi connectivity index (χ4n) is 1.81. The highest BCUT2D eigenvalue weighted by Crippen LogP contribution is 2.23. The maximum atomic E-state index is 5.18. The fourth-order valence-corrected chi connectivity index (χ4v) is 2.17. The first-order chi connectivity index (χ1) is 8.31. The second-order valence-corrected chi connectivity index (χ2v) is 5.24. The Labute approximate surface area is 116 Å². The van der Waals surface area contributed by atoms with E-state index in [1.807, 2.05) is 12.3 Å². The highest BCUT2D eigenvalue weighted by Gasteiger charge is 2.13. The monoisotopic (exact) mass is 341 g/mol. The van der Waals surface area contributed by atoms with Crippen LogP contribution in [0.4, 0.5) is 0 Å². The molecule has 1 N–H and O–H groups in total. The number of hydrogen-bond acceptors (Lipinski definition) is 2. The van der Waals surface area contributed by atoms with Gasteiger partial charge in [-0.05, 0) is 59.3 Å². The average molecular weight is 341 g/mol. The van der Waals surface area contributed by atoms with Crippen LogP contribution in [0, 0.1) is 3.57 Å². The highest BCUT2D eigenvalue weighted by molar-refractivity contribution is 14.1. The Bertz CT molecular complexity index is 436. The van der Waals surface area contributed by atoms with Crippen LogP contribution >= 0.6 is 22.6 Å². The van der Waals surface area contributed by atoms with E-state index < -0.39 is 0 Å². The number of hydrogen-bond donors (Lipinski definition) is 1. The molecule has 2 aromatic rings. The maximum absolute atomic E-state index is 5.18. The van der Waals surface area contributed by atoms with E-state index >= 15 is 0 Å². The van der Waals surface area contributed by atoms with Gasteiger partial charge in [-0.3, -0.25) is 0 Å². The SMILES string of the molecule is CCCNC(c1ccc(I)cc1)c1ccoc1. The number of benzene rings is 1. The zero-order valence-electron chi connectivity index (χ0n) is 9.82. The van der Waals surface area contributed by atoms with Crippen LogP contribution in [0.1, 0.15) is 30.5 Å². The van der Waals surface area contributed by atoms with E-state index in [0.717, 1.165) is 13.0 Å². The second kappa shape index (κ2) is 6.21. The van der Waals surface area contributed by atoms with Gasteiger partial charge < -0.3 is 9.73 Å². The third-order valence-electron chi connectivity index (χ3n) is 2.68. The third-order valence-corrected chi connectivity index (χ3v) is 3.40. The first-order valence-corrected chi connectivity index (χ1v) is 6.90. The van der Waals surface area contributed by atoms with Crippen LogP contribution in [0.3, 0.4) is 0 Å². The van der Waals surface area contributed by atoms with E-state index in [1.165, 1.54) is 14.7 Å². The Morgan fingerprint density at radius 2 is 1.94 bits per heavy atom. The largest absolute Gasteiger partial charge is 0.472 e. The molecule has 0 aliphatic heterocycles. The minimum Gasteiger partial charge on any atom is -0.472 e. The van der Waals surface area contributed by atoms with Gasteiger partial charge in [0.2, 0.25) is 0 Å². The van der Waals surface area contributed by atoms with Crippen molar-refractivity contribution in [1.29, 1.82) is 0 Å². The van der Waals surface area contributed by atoms with Crippen LogP contribution in [0.15, 0.2) is 47.3 Å². The summed E-state index contributed by atoms with van der Waals surface area (Å²) in [6, 6.07) is 10.9. The van der Waals surface area contributed by atoms with Crippen molar-refractivity contribution >= 4 is 22.6 Å². The Morgan fingerprint density at radius 1 is 1.18 bits per heavy atom. The summed E-state index contributed by atoms with van der Waals surface area (Å²) in [7, 11) is 0. The molecule has 0 spiro atoms. The van der Waals surface area contributed by atoms with Gasteiger partial charge in [-0.2, -0.15) is 0 Å². The average Bonchev–Trinajstić information content (AvgIpc) is 2.85. The van der Waals surface area contributed by atoms with Gasteiger partial charge in [-0.25, -0.2) is 0 Å². The summed E-state index contributed by atoms with van der Waals surface area (Å²) in [5.74, 6) is 0. The van der Waals surface area contributed by atoms with Crippen LogP contribution in [-0.4, -0.2) is 6.54 Å². The lowest BCUT2D eigenvalue weighted by atomic mass is 10.0. The molecule has 90 valence electrons. The number of furan rings is 1. The zero-order valence-corrected chi connectivity index (χ0v) is 12.0. The van der Waals surface area contributed by atoms with Gasteiger partial charge in [0.25, 0.3) is 0 Å². The molecule has 1 aromatic carbocycles. The van der Waals surface area contributed by atoms with Crippen LogP contribution in [-0.2, 0) is 0 Å². The van der Waals surface area contributed by atoms with Crippen LogP contribution < -0.4 is 5.32 Å². The fraction of sp³-hybridized carbons (Fsp3) is 0.286. The van der Waals surface area contributed by atoms with Gasteiger partial charge in [0, 0.05) is 9.13 Å². The molecule has 1 heterocycles. The van der Waals surface area contributed by atoms with Crippen molar-refractivity contribution in [3.8, 4) is 0 Å². The van der Waals surface area contributed by atoms with Gasteiger partial charge in [-0.1, -0.05) is 19.1 Å². The van der Waals surface area contributed by atoms with E-state index in [4.69, 9.17) is 4.42 Å². The van der Waals surface area contributed by atoms with Gasteiger partial charge in [0.05, 0.1) is 18.6 Å². The summed E-state index contributed by atoms with van der Waals surface area (Å²) in [6.45, 7) is 3.18. The van der Waals surface area contributed by atoms with Crippen molar-refractivity contribution in [1.82, 2.24) is 5.32 Å². The van der Waals surface area contributed by atoms with E-state index in [0.29, 0.717) is 0 Å². The predicted molar refractivity (Wildman–Crippen MR) is 78.0 cm³/mol. The van der Waals surface area contributed by atoms with E-state index in [1.54, 1.807) is 6.26 Å². The van der Waals surface area contributed by atoms with Gasteiger partial charge >= 0.3 is 0 Å². The quantitative estimate of drug-likeness (QED) is 0.833. The predicted octanol–water partition coefficient (Wildman–Crippen LogP) is 3.97. The Kier molecular flexibility index (Phi) is 4.62. The lowest BCUT2D eigenvalue weighted by Gasteiger charge is -2.17. The lowest BCUT2D eigenvalue weighted by molar-refractivity contribution is 0.548. The maximum Gasteiger partial charge on any atom is 0.0953 e. The summed E-state index contributed by atoms with van der Waals surface area (Å²) < 4.78 is 6.44. The first-order valence-electron chi connectivity index (χ1n) is 5.82. The summed E-state index contributed by atoms with van der Waals surface area (Å²) in [6.07, 6.45) is 4.66.